The molecule has 0 aliphatic carbocycles. The maximum atomic E-state index is 12.0. The SMILES string of the molecule is C=C1NC(=S)NC(c2ccc(C(=O)OC)cc2)C1C(=O)OC. The van der Waals surface area contributed by atoms with Crippen LogP contribution in [-0.2, 0) is 14.3 Å². The number of hydrogen-bond acceptors (Lipinski definition) is 5. The zero-order valence-corrected chi connectivity index (χ0v) is 13.0. The Morgan fingerprint density at radius 2 is 1.82 bits per heavy atom. The van der Waals surface area contributed by atoms with Gasteiger partial charge in [-0.1, -0.05) is 18.7 Å². The molecule has 1 saturated heterocycles. The molecular formula is C15H16N2O4S. The van der Waals surface area contributed by atoms with Gasteiger partial charge in [-0.15, -0.1) is 0 Å². The first-order chi connectivity index (χ1) is 10.5. The number of thiocarbonyl (C=S) groups is 1. The Morgan fingerprint density at radius 3 is 2.36 bits per heavy atom. The number of rotatable bonds is 3. The highest BCUT2D eigenvalue weighted by Crippen LogP contribution is 2.30. The fraction of sp³-hybridized carbons (Fsp3) is 0.267. The molecule has 0 spiro atoms. The lowest BCUT2D eigenvalue weighted by Gasteiger charge is -2.34. The quantitative estimate of drug-likeness (QED) is 0.642. The molecule has 0 aromatic heterocycles. The van der Waals surface area contributed by atoms with Crippen molar-refractivity contribution in [2.24, 2.45) is 5.92 Å². The zero-order chi connectivity index (χ0) is 16.3. The van der Waals surface area contributed by atoms with E-state index in [1.807, 2.05) is 0 Å². The van der Waals surface area contributed by atoms with Gasteiger partial charge in [0.2, 0.25) is 0 Å². The second kappa shape index (κ2) is 6.57. The summed E-state index contributed by atoms with van der Waals surface area (Å²) in [5, 5.41) is 6.25. The van der Waals surface area contributed by atoms with Crippen LogP contribution >= 0.6 is 12.2 Å². The maximum absolute atomic E-state index is 12.0. The van der Waals surface area contributed by atoms with Crippen molar-refractivity contribution in [2.75, 3.05) is 14.2 Å². The van der Waals surface area contributed by atoms with E-state index in [0.717, 1.165) is 5.56 Å². The van der Waals surface area contributed by atoms with Gasteiger partial charge in [-0.25, -0.2) is 4.79 Å². The van der Waals surface area contributed by atoms with Crippen LogP contribution in [0.4, 0.5) is 0 Å². The van der Waals surface area contributed by atoms with E-state index in [1.165, 1.54) is 14.2 Å². The smallest absolute Gasteiger partial charge is 0.337 e. The Hall–Kier alpha value is -2.41. The molecule has 2 unspecified atom stereocenters. The monoisotopic (exact) mass is 320 g/mol. The van der Waals surface area contributed by atoms with E-state index in [9.17, 15) is 9.59 Å². The van der Waals surface area contributed by atoms with E-state index < -0.39 is 23.9 Å². The fourth-order valence-corrected chi connectivity index (χ4v) is 2.57. The summed E-state index contributed by atoms with van der Waals surface area (Å²) in [5.41, 5.74) is 1.68. The molecule has 7 heteroatoms. The van der Waals surface area contributed by atoms with Crippen LogP contribution in [-0.4, -0.2) is 31.3 Å². The number of ether oxygens (including phenoxy) is 2. The Kier molecular flexibility index (Phi) is 4.77. The van der Waals surface area contributed by atoms with E-state index in [1.54, 1.807) is 24.3 Å². The van der Waals surface area contributed by atoms with Crippen molar-refractivity contribution >= 4 is 29.3 Å². The summed E-state index contributed by atoms with van der Waals surface area (Å²) >= 11 is 5.11. The first-order valence-corrected chi connectivity index (χ1v) is 6.91. The minimum atomic E-state index is -0.624. The Balaban J connectivity index is 2.34. The van der Waals surface area contributed by atoms with Crippen molar-refractivity contribution in [3.05, 3.63) is 47.7 Å². The lowest BCUT2D eigenvalue weighted by Crippen LogP contribution is -2.50. The number of esters is 2. The third-order valence-electron chi connectivity index (χ3n) is 3.42. The highest BCUT2D eigenvalue weighted by molar-refractivity contribution is 7.80. The van der Waals surface area contributed by atoms with Gasteiger partial charge < -0.3 is 20.1 Å². The summed E-state index contributed by atoms with van der Waals surface area (Å²) < 4.78 is 9.49. The minimum absolute atomic E-state index is 0.382. The number of nitrogens with one attached hydrogen (secondary N) is 2. The number of benzene rings is 1. The summed E-state index contributed by atoms with van der Waals surface area (Å²) in [6.45, 7) is 3.84. The Labute approximate surface area is 133 Å². The molecular weight excluding hydrogens is 304 g/mol. The molecule has 1 aliphatic heterocycles. The van der Waals surface area contributed by atoms with Crippen molar-refractivity contribution in [1.29, 1.82) is 0 Å². The lowest BCUT2D eigenvalue weighted by atomic mass is 9.89. The number of carbonyl (C=O) groups is 2. The highest BCUT2D eigenvalue weighted by atomic mass is 32.1. The minimum Gasteiger partial charge on any atom is -0.468 e. The summed E-state index contributed by atoms with van der Waals surface area (Å²) in [6.07, 6.45) is 0. The van der Waals surface area contributed by atoms with Crippen molar-refractivity contribution in [2.45, 2.75) is 6.04 Å². The van der Waals surface area contributed by atoms with Crippen LogP contribution in [0, 0.1) is 5.92 Å². The normalized spacial score (nSPS) is 20.6. The molecule has 2 atom stereocenters. The van der Waals surface area contributed by atoms with Gasteiger partial charge in [-0.3, -0.25) is 4.79 Å². The number of carbonyl (C=O) groups excluding carboxylic acids is 2. The molecule has 1 aromatic carbocycles. The highest BCUT2D eigenvalue weighted by Gasteiger charge is 2.37. The summed E-state index contributed by atoms with van der Waals surface area (Å²) in [5.74, 6) is -1.47. The largest absolute Gasteiger partial charge is 0.468 e. The van der Waals surface area contributed by atoms with E-state index in [0.29, 0.717) is 16.4 Å². The number of hydrogen-bond donors (Lipinski definition) is 2. The van der Waals surface area contributed by atoms with Gasteiger partial charge in [0.05, 0.1) is 25.8 Å². The Bertz CT molecular complexity index is 627. The van der Waals surface area contributed by atoms with Crippen LogP contribution in [0.2, 0.25) is 0 Å². The van der Waals surface area contributed by atoms with Crippen molar-refractivity contribution in [3.8, 4) is 0 Å². The van der Waals surface area contributed by atoms with Crippen molar-refractivity contribution in [1.82, 2.24) is 10.6 Å². The maximum Gasteiger partial charge on any atom is 0.337 e. The van der Waals surface area contributed by atoms with E-state index in [2.05, 4.69) is 21.9 Å². The molecule has 116 valence electrons. The predicted molar refractivity (Wildman–Crippen MR) is 84.0 cm³/mol. The second-order valence-corrected chi connectivity index (χ2v) is 5.12. The van der Waals surface area contributed by atoms with Crippen LogP contribution < -0.4 is 10.6 Å². The van der Waals surface area contributed by atoms with Gasteiger partial charge in [0, 0.05) is 5.70 Å². The molecule has 6 nitrogen and oxygen atoms in total. The van der Waals surface area contributed by atoms with Crippen molar-refractivity contribution < 1.29 is 19.1 Å². The lowest BCUT2D eigenvalue weighted by molar-refractivity contribution is -0.145. The third-order valence-corrected chi connectivity index (χ3v) is 3.64. The van der Waals surface area contributed by atoms with Crippen LogP contribution in [0.3, 0.4) is 0 Å². The van der Waals surface area contributed by atoms with Gasteiger partial charge >= 0.3 is 11.9 Å². The standard InChI is InChI=1S/C15H16N2O4S/c1-8-11(14(19)21-3)12(17-15(22)16-8)9-4-6-10(7-5-9)13(18)20-2/h4-7,11-12H,1H2,2-3H3,(H2,16,17,22). The fourth-order valence-electron chi connectivity index (χ4n) is 2.31. The molecule has 1 aliphatic rings. The Morgan fingerprint density at radius 1 is 1.18 bits per heavy atom. The molecule has 0 saturated carbocycles. The summed E-state index contributed by atoms with van der Waals surface area (Å²) in [4.78, 5) is 23.5. The molecule has 0 amide bonds. The number of methoxy groups -OCH3 is 2. The van der Waals surface area contributed by atoms with Gasteiger partial charge in [0.1, 0.15) is 5.92 Å². The molecule has 1 fully saturated rings. The topological polar surface area (TPSA) is 76.7 Å². The van der Waals surface area contributed by atoms with E-state index >= 15 is 0 Å². The molecule has 0 bridgehead atoms. The first kappa shape index (κ1) is 16.0. The van der Waals surface area contributed by atoms with Gasteiger partial charge in [0.15, 0.2) is 5.11 Å². The van der Waals surface area contributed by atoms with Gasteiger partial charge in [-0.05, 0) is 29.9 Å². The third kappa shape index (κ3) is 3.09. The molecule has 1 heterocycles. The molecule has 2 rings (SSSR count). The zero-order valence-electron chi connectivity index (χ0n) is 12.2. The molecule has 2 N–H and O–H groups in total. The van der Waals surface area contributed by atoms with Crippen LogP contribution in [0.15, 0.2) is 36.5 Å². The van der Waals surface area contributed by atoms with E-state index in [-0.39, 0.29) is 0 Å². The first-order valence-electron chi connectivity index (χ1n) is 6.50. The van der Waals surface area contributed by atoms with Gasteiger partial charge in [0.25, 0.3) is 0 Å². The summed E-state index contributed by atoms with van der Waals surface area (Å²) in [6, 6.07) is 6.32. The molecule has 1 aromatic rings. The van der Waals surface area contributed by atoms with Crippen LogP contribution in [0.5, 0.6) is 0 Å². The van der Waals surface area contributed by atoms with Crippen LogP contribution in [0.25, 0.3) is 0 Å². The van der Waals surface area contributed by atoms with E-state index in [4.69, 9.17) is 17.0 Å². The summed E-state index contributed by atoms with van der Waals surface area (Å²) in [7, 11) is 2.64. The average molecular weight is 320 g/mol. The molecule has 0 radical (unpaired) electrons. The average Bonchev–Trinajstić information content (AvgIpc) is 2.53. The van der Waals surface area contributed by atoms with Gasteiger partial charge in [-0.2, -0.15) is 0 Å². The van der Waals surface area contributed by atoms with Crippen molar-refractivity contribution in [3.63, 3.8) is 0 Å². The van der Waals surface area contributed by atoms with Crippen LogP contribution in [0.1, 0.15) is 22.0 Å². The predicted octanol–water partition coefficient (Wildman–Crippen LogP) is 1.29. The second-order valence-electron chi connectivity index (χ2n) is 4.72. The molecule has 22 heavy (non-hydrogen) atoms.